The number of sulfonamides is 1. The van der Waals surface area contributed by atoms with E-state index in [0.29, 0.717) is 0 Å². The molecule has 5 nitrogen and oxygen atoms in total. The highest BCUT2D eigenvalue weighted by Crippen LogP contribution is 2.15. The van der Waals surface area contributed by atoms with Crippen molar-refractivity contribution < 1.29 is 8.42 Å². The van der Waals surface area contributed by atoms with Gasteiger partial charge in [-0.05, 0) is 19.1 Å². The number of aryl methyl sites for hydroxylation is 1. The van der Waals surface area contributed by atoms with E-state index in [-0.39, 0.29) is 16.3 Å². The lowest BCUT2D eigenvalue weighted by Gasteiger charge is -2.06. The molecule has 0 aliphatic rings. The van der Waals surface area contributed by atoms with E-state index in [1.807, 2.05) is 0 Å². The van der Waals surface area contributed by atoms with Crippen LogP contribution in [0.3, 0.4) is 0 Å². The third kappa shape index (κ3) is 2.09. The SMILES string of the molecule is Cc1ccc(S(N)(=O)=O)c(C(=N)N)c1. The maximum Gasteiger partial charge on any atom is 0.238 e. The lowest BCUT2D eigenvalue weighted by atomic mass is 10.1. The topological polar surface area (TPSA) is 110 Å². The molecule has 1 aromatic rings. The van der Waals surface area contributed by atoms with Crippen LogP contribution in [0.2, 0.25) is 0 Å². The lowest BCUT2D eigenvalue weighted by Crippen LogP contribution is -2.20. The second kappa shape index (κ2) is 3.39. The Morgan fingerprint density at radius 1 is 1.43 bits per heavy atom. The fraction of sp³-hybridized carbons (Fsp3) is 0.125. The van der Waals surface area contributed by atoms with Gasteiger partial charge in [0.1, 0.15) is 5.84 Å². The summed E-state index contributed by atoms with van der Waals surface area (Å²) in [6, 6.07) is 4.47. The van der Waals surface area contributed by atoms with Gasteiger partial charge in [0.15, 0.2) is 0 Å². The molecule has 0 spiro atoms. The van der Waals surface area contributed by atoms with Crippen molar-refractivity contribution >= 4 is 15.9 Å². The first-order chi connectivity index (χ1) is 6.32. The smallest absolute Gasteiger partial charge is 0.238 e. The average Bonchev–Trinajstić information content (AvgIpc) is 2.01. The molecule has 0 saturated carbocycles. The normalized spacial score (nSPS) is 11.3. The van der Waals surface area contributed by atoms with Crippen LogP contribution in [0.25, 0.3) is 0 Å². The molecule has 5 N–H and O–H groups in total. The first-order valence-corrected chi connectivity index (χ1v) is 5.35. The second-order valence-corrected chi connectivity index (χ2v) is 4.49. The summed E-state index contributed by atoms with van der Waals surface area (Å²) in [4.78, 5) is -0.115. The van der Waals surface area contributed by atoms with Crippen LogP contribution in [-0.2, 0) is 10.0 Å². The quantitative estimate of drug-likeness (QED) is 0.472. The standard InChI is InChI=1S/C8H11N3O2S/c1-5-2-3-7(14(11,12)13)6(4-5)8(9)10/h2-4H,1H3,(H3,9,10)(H2,11,12,13). The molecular weight excluding hydrogens is 202 g/mol. The van der Waals surface area contributed by atoms with E-state index >= 15 is 0 Å². The van der Waals surface area contributed by atoms with Gasteiger partial charge in [-0.25, -0.2) is 13.6 Å². The second-order valence-electron chi connectivity index (χ2n) is 2.96. The van der Waals surface area contributed by atoms with Gasteiger partial charge >= 0.3 is 0 Å². The van der Waals surface area contributed by atoms with E-state index in [1.165, 1.54) is 12.1 Å². The molecule has 76 valence electrons. The summed E-state index contributed by atoms with van der Waals surface area (Å²) in [5, 5.41) is 12.2. The predicted octanol–water partition coefficient (Wildman–Crippen LogP) is -0.0735. The first-order valence-electron chi connectivity index (χ1n) is 3.80. The minimum Gasteiger partial charge on any atom is -0.384 e. The number of hydrogen-bond acceptors (Lipinski definition) is 3. The molecule has 1 rings (SSSR count). The highest BCUT2D eigenvalue weighted by molar-refractivity contribution is 7.89. The number of primary sulfonamides is 1. The van der Waals surface area contributed by atoms with Gasteiger partial charge < -0.3 is 5.73 Å². The maximum atomic E-state index is 11.1. The van der Waals surface area contributed by atoms with Crippen molar-refractivity contribution in [1.29, 1.82) is 5.41 Å². The number of hydrogen-bond donors (Lipinski definition) is 3. The third-order valence-corrected chi connectivity index (χ3v) is 2.70. The molecule has 0 aliphatic heterocycles. The Kier molecular flexibility index (Phi) is 2.59. The Bertz CT molecular complexity index is 479. The molecule has 0 heterocycles. The van der Waals surface area contributed by atoms with Gasteiger partial charge in [-0.3, -0.25) is 5.41 Å². The predicted molar refractivity (Wildman–Crippen MR) is 53.6 cm³/mol. The van der Waals surface area contributed by atoms with Crippen LogP contribution in [0.1, 0.15) is 11.1 Å². The van der Waals surface area contributed by atoms with Crippen molar-refractivity contribution in [2.24, 2.45) is 10.9 Å². The molecule has 0 bridgehead atoms. The summed E-state index contributed by atoms with van der Waals surface area (Å²) in [5.74, 6) is -0.308. The molecule has 0 atom stereocenters. The third-order valence-electron chi connectivity index (χ3n) is 1.73. The van der Waals surface area contributed by atoms with E-state index in [4.69, 9.17) is 16.3 Å². The number of nitrogens with one attached hydrogen (secondary N) is 1. The van der Waals surface area contributed by atoms with Crippen LogP contribution < -0.4 is 10.9 Å². The van der Waals surface area contributed by atoms with Crippen LogP contribution >= 0.6 is 0 Å². The summed E-state index contributed by atoms with van der Waals surface area (Å²) in [6.07, 6.45) is 0. The minimum absolute atomic E-state index is 0.115. The highest BCUT2D eigenvalue weighted by Gasteiger charge is 2.15. The molecule has 0 radical (unpaired) electrons. The van der Waals surface area contributed by atoms with Crippen molar-refractivity contribution in [3.05, 3.63) is 29.3 Å². The number of rotatable bonds is 2. The number of nitrogens with two attached hydrogens (primary N) is 2. The Labute approximate surface area is 82.3 Å². The largest absolute Gasteiger partial charge is 0.384 e. The lowest BCUT2D eigenvalue weighted by molar-refractivity contribution is 0.597. The molecule has 0 unspecified atom stereocenters. The van der Waals surface area contributed by atoms with Crippen molar-refractivity contribution in [3.8, 4) is 0 Å². The zero-order chi connectivity index (χ0) is 10.9. The molecule has 1 aromatic carbocycles. The van der Waals surface area contributed by atoms with Crippen molar-refractivity contribution in [3.63, 3.8) is 0 Å². The van der Waals surface area contributed by atoms with Crippen LogP contribution in [0.5, 0.6) is 0 Å². The fourth-order valence-corrected chi connectivity index (χ4v) is 1.84. The highest BCUT2D eigenvalue weighted by atomic mass is 32.2. The van der Waals surface area contributed by atoms with Gasteiger partial charge in [-0.15, -0.1) is 0 Å². The van der Waals surface area contributed by atoms with Gasteiger partial charge in [0.25, 0.3) is 0 Å². The van der Waals surface area contributed by atoms with E-state index in [1.54, 1.807) is 13.0 Å². The molecular formula is C8H11N3O2S. The van der Waals surface area contributed by atoms with E-state index < -0.39 is 10.0 Å². The van der Waals surface area contributed by atoms with E-state index in [2.05, 4.69) is 0 Å². The van der Waals surface area contributed by atoms with Crippen LogP contribution in [0, 0.1) is 12.3 Å². The molecule has 14 heavy (non-hydrogen) atoms. The summed E-state index contributed by atoms with van der Waals surface area (Å²) in [6.45, 7) is 1.78. The Morgan fingerprint density at radius 3 is 2.43 bits per heavy atom. The average molecular weight is 213 g/mol. The van der Waals surface area contributed by atoms with Crippen molar-refractivity contribution in [1.82, 2.24) is 0 Å². The van der Waals surface area contributed by atoms with Crippen LogP contribution in [-0.4, -0.2) is 14.3 Å². The molecule has 0 amide bonds. The maximum absolute atomic E-state index is 11.1. The Hall–Kier alpha value is -1.40. The summed E-state index contributed by atoms with van der Waals surface area (Å²) in [7, 11) is -3.82. The summed E-state index contributed by atoms with van der Waals surface area (Å²) >= 11 is 0. The first kappa shape index (κ1) is 10.7. The minimum atomic E-state index is -3.82. The number of amidine groups is 1. The van der Waals surface area contributed by atoms with Crippen LogP contribution in [0.15, 0.2) is 23.1 Å². The molecule has 6 heteroatoms. The van der Waals surface area contributed by atoms with Gasteiger partial charge in [0.05, 0.1) is 4.90 Å². The zero-order valence-electron chi connectivity index (χ0n) is 7.61. The summed E-state index contributed by atoms with van der Waals surface area (Å²) in [5.41, 5.74) is 6.21. The summed E-state index contributed by atoms with van der Waals surface area (Å²) < 4.78 is 22.2. The van der Waals surface area contributed by atoms with Gasteiger partial charge in [0.2, 0.25) is 10.0 Å². The van der Waals surface area contributed by atoms with Crippen molar-refractivity contribution in [2.45, 2.75) is 11.8 Å². The van der Waals surface area contributed by atoms with Gasteiger partial charge in [-0.1, -0.05) is 11.6 Å². The van der Waals surface area contributed by atoms with Crippen LogP contribution in [0.4, 0.5) is 0 Å². The van der Waals surface area contributed by atoms with E-state index in [9.17, 15) is 8.42 Å². The number of benzene rings is 1. The molecule has 0 aliphatic carbocycles. The Balaban J connectivity index is 3.53. The zero-order valence-corrected chi connectivity index (χ0v) is 8.43. The number of nitrogen functional groups attached to an aromatic ring is 1. The van der Waals surface area contributed by atoms with Gasteiger partial charge in [0, 0.05) is 5.56 Å². The molecule has 0 saturated heterocycles. The van der Waals surface area contributed by atoms with Gasteiger partial charge in [-0.2, -0.15) is 0 Å². The molecule has 0 aromatic heterocycles. The monoisotopic (exact) mass is 213 g/mol. The van der Waals surface area contributed by atoms with E-state index in [0.717, 1.165) is 5.56 Å². The Morgan fingerprint density at radius 2 is 2.00 bits per heavy atom. The van der Waals surface area contributed by atoms with Crippen molar-refractivity contribution in [2.75, 3.05) is 0 Å². The fourth-order valence-electron chi connectivity index (χ4n) is 1.10. The molecule has 0 fully saturated rings.